The molecule has 0 fully saturated rings. The van der Waals surface area contributed by atoms with E-state index in [1.807, 2.05) is 42.5 Å². The zero-order chi connectivity index (χ0) is 19.8. The second-order valence-electron chi connectivity index (χ2n) is 5.82. The fourth-order valence-electron chi connectivity index (χ4n) is 2.99. The van der Waals surface area contributed by atoms with Gasteiger partial charge in [-0.2, -0.15) is 15.0 Å². The molecule has 6 heteroatoms. The topological polar surface area (TPSA) is 88.3 Å². The number of aliphatic imine (C=N–C) groups is 3. The number of rotatable bonds is 6. The lowest BCUT2D eigenvalue weighted by molar-refractivity contribution is 0.564. The summed E-state index contributed by atoms with van der Waals surface area (Å²) in [5, 5.41) is 0. The first-order valence-electron chi connectivity index (χ1n) is 8.28. The van der Waals surface area contributed by atoms with Crippen LogP contribution in [0, 0.1) is 0 Å². The van der Waals surface area contributed by atoms with Crippen LogP contribution in [0.25, 0.3) is 0 Å². The van der Waals surface area contributed by atoms with Gasteiger partial charge in [0.2, 0.25) is 18.2 Å². The molecule has 0 aliphatic rings. The Morgan fingerprint density at radius 1 is 0.536 bits per heavy atom. The summed E-state index contributed by atoms with van der Waals surface area (Å²) >= 11 is 0. The maximum Gasteiger partial charge on any atom is 0.240 e. The van der Waals surface area contributed by atoms with Crippen molar-refractivity contribution in [1.29, 1.82) is 0 Å². The summed E-state index contributed by atoms with van der Waals surface area (Å²) in [4.78, 5) is 42.4. The molecule has 134 valence electrons. The van der Waals surface area contributed by atoms with Crippen LogP contribution in [0.3, 0.4) is 0 Å². The van der Waals surface area contributed by atoms with Gasteiger partial charge in [-0.25, -0.2) is 14.4 Å². The van der Waals surface area contributed by atoms with Crippen molar-refractivity contribution in [2.75, 3.05) is 0 Å². The van der Waals surface area contributed by atoms with Crippen LogP contribution in [0.4, 0.5) is 17.1 Å². The van der Waals surface area contributed by atoms with E-state index < -0.39 is 0 Å². The lowest BCUT2D eigenvalue weighted by Gasteiger charge is -2.19. The van der Waals surface area contributed by atoms with Crippen LogP contribution in [0.2, 0.25) is 0 Å². The summed E-state index contributed by atoms with van der Waals surface area (Å²) in [7, 11) is 0. The summed E-state index contributed by atoms with van der Waals surface area (Å²) in [5.74, 6) is -0.176. The molecule has 0 atom stereocenters. The predicted octanol–water partition coefficient (Wildman–Crippen LogP) is 4.77. The van der Waals surface area contributed by atoms with E-state index in [1.165, 1.54) is 12.2 Å². The van der Waals surface area contributed by atoms with Crippen molar-refractivity contribution in [2.45, 2.75) is 5.92 Å². The van der Waals surface area contributed by atoms with Crippen LogP contribution in [0.1, 0.15) is 22.6 Å². The highest BCUT2D eigenvalue weighted by molar-refractivity contribution is 5.56. The molecular formula is C22H13N3O3. The Labute approximate surface area is 160 Å². The normalized spacial score (nSPS) is 10.7. The summed E-state index contributed by atoms with van der Waals surface area (Å²) < 4.78 is 0. The van der Waals surface area contributed by atoms with E-state index in [-0.39, 0.29) is 5.92 Å². The van der Waals surface area contributed by atoms with Gasteiger partial charge >= 0.3 is 0 Å². The average molecular weight is 367 g/mol. The van der Waals surface area contributed by atoms with Crippen molar-refractivity contribution >= 4 is 35.3 Å². The number of hydrogen-bond donors (Lipinski definition) is 0. The third-order valence-corrected chi connectivity index (χ3v) is 4.18. The van der Waals surface area contributed by atoms with Crippen LogP contribution in [0.5, 0.6) is 0 Å². The molecule has 0 radical (unpaired) electrons. The second-order valence-corrected chi connectivity index (χ2v) is 5.82. The molecule has 3 aromatic carbocycles. The van der Waals surface area contributed by atoms with Gasteiger partial charge in [-0.1, -0.05) is 36.4 Å². The van der Waals surface area contributed by atoms with Crippen molar-refractivity contribution < 1.29 is 14.4 Å². The molecule has 0 heterocycles. The van der Waals surface area contributed by atoms with E-state index >= 15 is 0 Å². The number of nitrogens with zero attached hydrogens (tertiary/aromatic N) is 3. The molecule has 0 aromatic heterocycles. The SMILES string of the molecule is O=C=Nc1ccc(C(c2ccc(N=C=O)cc2)c2cccc(N=C=O)c2)cc1. The fraction of sp³-hybridized carbons (Fsp3) is 0.0455. The maximum atomic E-state index is 10.6. The van der Waals surface area contributed by atoms with E-state index in [4.69, 9.17) is 0 Å². The predicted molar refractivity (Wildman–Crippen MR) is 104 cm³/mol. The lowest BCUT2D eigenvalue weighted by Crippen LogP contribution is -2.03. The van der Waals surface area contributed by atoms with Gasteiger partial charge in [0.15, 0.2) is 0 Å². The average Bonchev–Trinajstić information content (AvgIpc) is 2.72. The minimum atomic E-state index is -0.176. The number of hydrogen-bond acceptors (Lipinski definition) is 6. The standard InChI is InChI=1S/C22H13N3O3/c26-13-23-19-8-4-16(5-9-19)22(17-6-10-20(11-7-17)24-14-27)18-2-1-3-21(12-18)25-15-28/h1-12,22H. The largest absolute Gasteiger partial charge is 0.240 e. The van der Waals surface area contributed by atoms with Gasteiger partial charge in [0.1, 0.15) is 0 Å². The summed E-state index contributed by atoms with van der Waals surface area (Å²) in [6.07, 6.45) is 4.59. The van der Waals surface area contributed by atoms with Crippen molar-refractivity contribution in [3.05, 3.63) is 89.5 Å². The highest BCUT2D eigenvalue weighted by Gasteiger charge is 2.17. The lowest BCUT2D eigenvalue weighted by atomic mass is 9.85. The minimum absolute atomic E-state index is 0.176. The monoisotopic (exact) mass is 367 g/mol. The Morgan fingerprint density at radius 3 is 1.46 bits per heavy atom. The van der Waals surface area contributed by atoms with Gasteiger partial charge in [-0.05, 0) is 53.1 Å². The van der Waals surface area contributed by atoms with Crippen LogP contribution in [-0.4, -0.2) is 18.2 Å². The molecule has 0 saturated heterocycles. The molecule has 0 N–H and O–H groups in total. The van der Waals surface area contributed by atoms with E-state index in [0.29, 0.717) is 17.1 Å². The van der Waals surface area contributed by atoms with Crippen LogP contribution >= 0.6 is 0 Å². The van der Waals surface area contributed by atoms with Crippen LogP contribution < -0.4 is 0 Å². The van der Waals surface area contributed by atoms with Crippen LogP contribution in [-0.2, 0) is 14.4 Å². The molecule has 6 nitrogen and oxygen atoms in total. The molecule has 0 unspecified atom stereocenters. The van der Waals surface area contributed by atoms with E-state index in [9.17, 15) is 14.4 Å². The van der Waals surface area contributed by atoms with E-state index in [0.717, 1.165) is 16.7 Å². The van der Waals surface area contributed by atoms with E-state index in [1.54, 1.807) is 36.4 Å². The van der Waals surface area contributed by atoms with Crippen molar-refractivity contribution in [1.82, 2.24) is 0 Å². The highest BCUT2D eigenvalue weighted by atomic mass is 16.1. The van der Waals surface area contributed by atoms with Crippen LogP contribution in [0.15, 0.2) is 87.8 Å². The third kappa shape index (κ3) is 4.31. The van der Waals surface area contributed by atoms with Gasteiger partial charge in [0.25, 0.3) is 0 Å². The van der Waals surface area contributed by atoms with Crippen molar-refractivity contribution in [3.63, 3.8) is 0 Å². The fourth-order valence-corrected chi connectivity index (χ4v) is 2.99. The maximum absolute atomic E-state index is 10.6. The molecule has 28 heavy (non-hydrogen) atoms. The molecule has 0 spiro atoms. The zero-order valence-corrected chi connectivity index (χ0v) is 14.6. The Hall–Kier alpha value is -4.20. The third-order valence-electron chi connectivity index (χ3n) is 4.18. The molecule has 0 aliphatic carbocycles. The van der Waals surface area contributed by atoms with Gasteiger partial charge in [0, 0.05) is 5.92 Å². The Kier molecular flexibility index (Phi) is 5.94. The first-order chi connectivity index (χ1) is 13.7. The van der Waals surface area contributed by atoms with E-state index in [2.05, 4.69) is 15.0 Å². The quantitative estimate of drug-likeness (QED) is 0.357. The number of benzene rings is 3. The Morgan fingerprint density at radius 2 is 1.00 bits per heavy atom. The summed E-state index contributed by atoms with van der Waals surface area (Å²) in [6, 6.07) is 21.7. The molecule has 0 bridgehead atoms. The number of carbonyl (C=O) groups excluding carboxylic acids is 3. The van der Waals surface area contributed by atoms with Gasteiger partial charge in [-0.3, -0.25) is 0 Å². The van der Waals surface area contributed by atoms with Gasteiger partial charge in [0.05, 0.1) is 17.1 Å². The minimum Gasteiger partial charge on any atom is -0.211 e. The molecular weight excluding hydrogens is 354 g/mol. The molecule has 0 amide bonds. The molecule has 3 aromatic rings. The first-order valence-corrected chi connectivity index (χ1v) is 8.28. The summed E-state index contributed by atoms with van der Waals surface area (Å²) in [5.41, 5.74) is 4.32. The zero-order valence-electron chi connectivity index (χ0n) is 14.6. The van der Waals surface area contributed by atoms with Crippen molar-refractivity contribution in [3.8, 4) is 0 Å². The molecule has 0 aliphatic heterocycles. The smallest absolute Gasteiger partial charge is 0.211 e. The van der Waals surface area contributed by atoms with Gasteiger partial charge < -0.3 is 0 Å². The molecule has 3 rings (SSSR count). The second kappa shape index (κ2) is 8.95. The first kappa shape index (κ1) is 18.6. The summed E-state index contributed by atoms with van der Waals surface area (Å²) in [6.45, 7) is 0. The Balaban J connectivity index is 2.12. The Bertz CT molecular complexity index is 1060. The molecule has 0 saturated carbocycles. The highest BCUT2D eigenvalue weighted by Crippen LogP contribution is 2.35. The van der Waals surface area contributed by atoms with Crippen molar-refractivity contribution in [2.24, 2.45) is 15.0 Å². The number of isocyanates is 3. The van der Waals surface area contributed by atoms with Gasteiger partial charge in [-0.15, -0.1) is 0 Å².